The maximum atomic E-state index is 12.2. The summed E-state index contributed by atoms with van der Waals surface area (Å²) in [6.45, 7) is 1.89. The third-order valence-corrected chi connectivity index (χ3v) is 4.66. The number of likely N-dealkylation sites (tertiary alicyclic amines) is 1. The van der Waals surface area contributed by atoms with Crippen LogP contribution < -0.4 is 21.7 Å². The molecule has 0 bridgehead atoms. The van der Waals surface area contributed by atoms with Gasteiger partial charge >= 0.3 is 6.03 Å². The maximum Gasteiger partial charge on any atom is 0.312 e. The molecule has 2 rings (SSSR count). The lowest BCUT2D eigenvalue weighted by Gasteiger charge is -2.29. The molecule has 0 aromatic rings. The van der Waals surface area contributed by atoms with Gasteiger partial charge < -0.3 is 26.6 Å². The van der Waals surface area contributed by atoms with Gasteiger partial charge in [-0.05, 0) is 25.7 Å². The number of hydrogen-bond acceptors (Lipinski definition) is 4. The van der Waals surface area contributed by atoms with Gasteiger partial charge in [0.1, 0.15) is 0 Å². The van der Waals surface area contributed by atoms with Crippen molar-refractivity contribution in [2.45, 2.75) is 44.6 Å². The second-order valence-corrected chi connectivity index (χ2v) is 6.62. The quantitative estimate of drug-likeness (QED) is 0.508. The summed E-state index contributed by atoms with van der Waals surface area (Å²) in [4.78, 5) is 48.1. The van der Waals surface area contributed by atoms with Crippen molar-refractivity contribution >= 4 is 23.8 Å². The van der Waals surface area contributed by atoms with Gasteiger partial charge in [-0.3, -0.25) is 14.4 Å². The lowest BCUT2D eigenvalue weighted by molar-refractivity contribution is -0.131. The predicted molar refractivity (Wildman–Crippen MR) is 90.3 cm³/mol. The first-order valence-electron chi connectivity index (χ1n) is 8.84. The summed E-state index contributed by atoms with van der Waals surface area (Å²) in [5, 5.41) is 8.11. The molecule has 2 aliphatic heterocycles. The van der Waals surface area contributed by atoms with Crippen molar-refractivity contribution in [2.24, 2.45) is 11.7 Å². The van der Waals surface area contributed by atoms with E-state index < -0.39 is 6.03 Å². The van der Waals surface area contributed by atoms with Crippen LogP contribution in [0.15, 0.2) is 0 Å². The molecule has 0 spiro atoms. The molecular formula is C16H27N5O4. The maximum absolute atomic E-state index is 12.2. The summed E-state index contributed by atoms with van der Waals surface area (Å²) in [6, 6.07) is -0.620. The van der Waals surface area contributed by atoms with E-state index >= 15 is 0 Å². The van der Waals surface area contributed by atoms with E-state index in [2.05, 4.69) is 16.0 Å². The van der Waals surface area contributed by atoms with Gasteiger partial charge in [0.25, 0.3) is 0 Å². The highest BCUT2D eigenvalue weighted by atomic mass is 16.2. The molecule has 0 aliphatic carbocycles. The monoisotopic (exact) mass is 353 g/mol. The second kappa shape index (κ2) is 9.24. The number of amides is 5. The molecule has 5 amide bonds. The first-order chi connectivity index (χ1) is 12.0. The molecular weight excluding hydrogens is 326 g/mol. The van der Waals surface area contributed by atoms with E-state index in [4.69, 9.17) is 5.73 Å². The van der Waals surface area contributed by atoms with E-state index in [0.29, 0.717) is 26.1 Å². The van der Waals surface area contributed by atoms with E-state index in [0.717, 1.165) is 19.3 Å². The number of primary amides is 1. The smallest absolute Gasteiger partial charge is 0.312 e. The van der Waals surface area contributed by atoms with E-state index in [9.17, 15) is 19.2 Å². The summed E-state index contributed by atoms with van der Waals surface area (Å²) >= 11 is 0. The SMILES string of the molecule is NC(=O)NCCC(=O)N1CCCCC(NC(=O)C2CNC(=O)C2)CC1. The van der Waals surface area contributed by atoms with Crippen LogP contribution in [0.3, 0.4) is 0 Å². The van der Waals surface area contributed by atoms with E-state index in [1.807, 2.05) is 0 Å². The van der Waals surface area contributed by atoms with Gasteiger partial charge in [0.15, 0.2) is 0 Å². The molecule has 0 saturated carbocycles. The Kier molecular flexibility index (Phi) is 7.03. The Balaban J connectivity index is 1.77. The molecule has 9 heteroatoms. The van der Waals surface area contributed by atoms with Gasteiger partial charge in [-0.2, -0.15) is 0 Å². The largest absolute Gasteiger partial charge is 0.355 e. The fourth-order valence-corrected chi connectivity index (χ4v) is 3.22. The lowest BCUT2D eigenvalue weighted by Crippen LogP contribution is -2.44. The lowest BCUT2D eigenvalue weighted by atomic mass is 10.0. The Morgan fingerprint density at radius 3 is 2.68 bits per heavy atom. The molecule has 2 atom stereocenters. The molecule has 25 heavy (non-hydrogen) atoms. The third-order valence-electron chi connectivity index (χ3n) is 4.66. The molecule has 2 heterocycles. The van der Waals surface area contributed by atoms with Crippen LogP contribution in [0.4, 0.5) is 4.79 Å². The normalized spacial score (nSPS) is 24.0. The number of nitrogens with zero attached hydrogens (tertiary/aromatic N) is 1. The van der Waals surface area contributed by atoms with E-state index in [1.54, 1.807) is 4.90 Å². The van der Waals surface area contributed by atoms with Crippen LogP contribution in [0.1, 0.15) is 38.5 Å². The van der Waals surface area contributed by atoms with Crippen molar-refractivity contribution in [2.75, 3.05) is 26.2 Å². The summed E-state index contributed by atoms with van der Waals surface area (Å²) < 4.78 is 0. The minimum Gasteiger partial charge on any atom is -0.355 e. The number of carbonyl (C=O) groups excluding carboxylic acids is 4. The van der Waals surface area contributed by atoms with Crippen molar-refractivity contribution in [1.82, 2.24) is 20.9 Å². The van der Waals surface area contributed by atoms with E-state index in [-0.39, 0.29) is 49.1 Å². The topological polar surface area (TPSA) is 134 Å². The zero-order chi connectivity index (χ0) is 18.2. The minimum absolute atomic E-state index is 0.0162. The molecule has 0 aromatic carbocycles. The van der Waals surface area contributed by atoms with Crippen molar-refractivity contribution in [3.63, 3.8) is 0 Å². The number of nitrogens with two attached hydrogens (primary N) is 1. The highest BCUT2D eigenvalue weighted by Gasteiger charge is 2.29. The Hall–Kier alpha value is -2.32. The van der Waals surface area contributed by atoms with Crippen molar-refractivity contribution in [3.8, 4) is 0 Å². The highest BCUT2D eigenvalue weighted by Crippen LogP contribution is 2.15. The van der Waals surface area contributed by atoms with Crippen LogP contribution in [0, 0.1) is 5.92 Å². The third kappa shape index (κ3) is 6.24. The zero-order valence-corrected chi connectivity index (χ0v) is 14.4. The summed E-state index contributed by atoms with van der Waals surface area (Å²) in [6.07, 6.45) is 3.84. The zero-order valence-electron chi connectivity index (χ0n) is 14.4. The fourth-order valence-electron chi connectivity index (χ4n) is 3.22. The first-order valence-corrected chi connectivity index (χ1v) is 8.84. The molecule has 5 N–H and O–H groups in total. The summed E-state index contributed by atoms with van der Waals surface area (Å²) in [7, 11) is 0. The molecule has 2 unspecified atom stereocenters. The van der Waals surface area contributed by atoms with Crippen LogP contribution in [0.25, 0.3) is 0 Å². The Morgan fingerprint density at radius 2 is 2.00 bits per heavy atom. The highest BCUT2D eigenvalue weighted by molar-refractivity contribution is 5.89. The summed E-state index contributed by atoms with van der Waals surface area (Å²) in [5.41, 5.74) is 4.99. The number of rotatable bonds is 5. The average molecular weight is 353 g/mol. The predicted octanol–water partition coefficient (Wildman–Crippen LogP) is -0.932. The Morgan fingerprint density at radius 1 is 1.20 bits per heavy atom. The van der Waals surface area contributed by atoms with Gasteiger partial charge in [-0.25, -0.2) is 4.79 Å². The van der Waals surface area contributed by atoms with E-state index in [1.165, 1.54) is 0 Å². The van der Waals surface area contributed by atoms with Crippen LogP contribution >= 0.6 is 0 Å². The van der Waals surface area contributed by atoms with Crippen LogP contribution in [0.2, 0.25) is 0 Å². The van der Waals surface area contributed by atoms with Gasteiger partial charge in [0, 0.05) is 45.1 Å². The number of carbonyl (C=O) groups is 4. The molecule has 9 nitrogen and oxygen atoms in total. The van der Waals surface area contributed by atoms with Gasteiger partial charge in [0.2, 0.25) is 17.7 Å². The molecule has 140 valence electrons. The van der Waals surface area contributed by atoms with Gasteiger partial charge in [-0.15, -0.1) is 0 Å². The number of urea groups is 1. The first kappa shape index (κ1) is 19.0. The van der Waals surface area contributed by atoms with Gasteiger partial charge in [0.05, 0.1) is 5.92 Å². The van der Waals surface area contributed by atoms with Gasteiger partial charge in [-0.1, -0.05) is 0 Å². The van der Waals surface area contributed by atoms with Crippen LogP contribution in [-0.4, -0.2) is 60.9 Å². The molecule has 2 fully saturated rings. The molecule has 2 saturated heterocycles. The molecule has 2 aliphatic rings. The number of nitrogens with one attached hydrogen (secondary N) is 3. The standard InChI is InChI=1S/C16H27N5O4/c17-16(25)18-6-4-14(23)21-7-2-1-3-12(5-8-21)20-15(24)11-9-13(22)19-10-11/h11-12H,1-10H2,(H,19,22)(H,20,24)(H3,17,18,25). The number of hydrogen-bond donors (Lipinski definition) is 4. The summed E-state index contributed by atoms with van der Waals surface area (Å²) in [5.74, 6) is -0.492. The fraction of sp³-hybridized carbons (Fsp3) is 0.750. The van der Waals surface area contributed by atoms with Crippen molar-refractivity contribution in [3.05, 3.63) is 0 Å². The molecule has 0 radical (unpaired) electrons. The minimum atomic E-state index is -0.636. The van der Waals surface area contributed by atoms with Crippen LogP contribution in [-0.2, 0) is 14.4 Å². The second-order valence-electron chi connectivity index (χ2n) is 6.62. The van der Waals surface area contributed by atoms with Crippen molar-refractivity contribution < 1.29 is 19.2 Å². The van der Waals surface area contributed by atoms with Crippen LogP contribution in [0.5, 0.6) is 0 Å². The Bertz CT molecular complexity index is 525. The Labute approximate surface area is 147 Å². The van der Waals surface area contributed by atoms with Crippen molar-refractivity contribution in [1.29, 1.82) is 0 Å². The average Bonchev–Trinajstić information content (AvgIpc) is 2.96. The molecule has 0 aromatic heterocycles.